The van der Waals surface area contributed by atoms with Gasteiger partial charge in [-0.25, -0.2) is 13.1 Å². The van der Waals surface area contributed by atoms with Crippen LogP contribution in [0.25, 0.3) is 5.69 Å². The molecule has 7 heteroatoms. The van der Waals surface area contributed by atoms with Gasteiger partial charge in [0.15, 0.2) is 0 Å². The van der Waals surface area contributed by atoms with Gasteiger partial charge in [-0.2, -0.15) is 0 Å². The van der Waals surface area contributed by atoms with E-state index in [1.807, 2.05) is 18.2 Å². The number of sulfonamides is 1. The van der Waals surface area contributed by atoms with E-state index in [4.69, 9.17) is 0 Å². The molecule has 1 unspecified atom stereocenters. The van der Waals surface area contributed by atoms with Crippen molar-refractivity contribution >= 4 is 15.7 Å². The van der Waals surface area contributed by atoms with Crippen LogP contribution in [0.4, 0.5) is 5.69 Å². The second-order valence-corrected chi connectivity index (χ2v) is 7.40. The van der Waals surface area contributed by atoms with E-state index in [9.17, 15) is 13.2 Å². The first-order valence-corrected chi connectivity index (χ1v) is 8.70. The van der Waals surface area contributed by atoms with Crippen LogP contribution in [0.2, 0.25) is 0 Å². The molecule has 1 aromatic carbocycles. The lowest BCUT2D eigenvalue weighted by molar-refractivity contribution is 0.586. The number of rotatable bonds is 5. The topological polar surface area (TPSA) is 73.1 Å². The molecule has 0 saturated carbocycles. The highest BCUT2D eigenvalue weighted by atomic mass is 32.2. The Hall–Kier alpha value is -2.02. The zero-order valence-corrected chi connectivity index (χ0v) is 14.0. The molecular weight excluding hydrogens is 302 g/mol. The average molecular weight is 323 g/mol. The summed E-state index contributed by atoms with van der Waals surface area (Å²) in [5, 5.41) is -0.559. The Morgan fingerprint density at radius 2 is 1.82 bits per heavy atom. The molecule has 0 aliphatic rings. The minimum absolute atomic E-state index is 0.103. The van der Waals surface area contributed by atoms with E-state index in [0.29, 0.717) is 17.8 Å². The zero-order chi connectivity index (χ0) is 16.5. The molecule has 0 spiro atoms. The lowest BCUT2D eigenvalue weighted by Crippen LogP contribution is -2.28. The molecule has 0 aliphatic carbocycles. The first kappa shape index (κ1) is 16.4. The maximum absolute atomic E-state index is 12.6. The third-order valence-electron chi connectivity index (χ3n) is 3.90. The van der Waals surface area contributed by atoms with Gasteiger partial charge in [0.25, 0.3) is 5.56 Å². The molecule has 0 fully saturated rings. The number of benzene rings is 1. The maximum atomic E-state index is 12.6. The number of nitrogens with one attached hydrogen (secondary N) is 1. The lowest BCUT2D eigenvalue weighted by atomic mass is 10.3. The minimum Gasteiger partial charge on any atom is -0.283 e. The van der Waals surface area contributed by atoms with Crippen molar-refractivity contribution in [2.24, 2.45) is 7.05 Å². The van der Waals surface area contributed by atoms with Gasteiger partial charge in [-0.15, -0.1) is 0 Å². The van der Waals surface area contributed by atoms with Gasteiger partial charge in [-0.05, 0) is 32.4 Å². The SMILES string of the molecule is CCC(C)S(=O)(=O)Nc1c(C)n(C)n(-c2ccccc2)c1=O. The van der Waals surface area contributed by atoms with Crippen LogP contribution in [0, 0.1) is 6.92 Å². The Labute approximate surface area is 130 Å². The van der Waals surface area contributed by atoms with Gasteiger partial charge in [0.2, 0.25) is 10.0 Å². The van der Waals surface area contributed by atoms with Crippen molar-refractivity contribution in [2.75, 3.05) is 4.72 Å². The fourth-order valence-corrected chi connectivity index (χ4v) is 3.31. The second kappa shape index (κ2) is 6.00. The Morgan fingerprint density at radius 1 is 1.23 bits per heavy atom. The monoisotopic (exact) mass is 323 g/mol. The van der Waals surface area contributed by atoms with Crippen molar-refractivity contribution in [3.05, 3.63) is 46.4 Å². The zero-order valence-electron chi connectivity index (χ0n) is 13.2. The molecule has 0 radical (unpaired) electrons. The van der Waals surface area contributed by atoms with Crippen molar-refractivity contribution in [1.29, 1.82) is 0 Å². The van der Waals surface area contributed by atoms with Gasteiger partial charge in [-0.3, -0.25) is 14.2 Å². The van der Waals surface area contributed by atoms with Crippen molar-refractivity contribution in [1.82, 2.24) is 9.36 Å². The number of para-hydroxylation sites is 1. The number of nitrogens with zero attached hydrogens (tertiary/aromatic N) is 2. The molecule has 0 amide bonds. The summed E-state index contributed by atoms with van der Waals surface area (Å²) in [5.41, 5.74) is 0.984. The summed E-state index contributed by atoms with van der Waals surface area (Å²) in [4.78, 5) is 12.6. The summed E-state index contributed by atoms with van der Waals surface area (Å²) in [6, 6.07) is 9.11. The second-order valence-electron chi connectivity index (χ2n) is 5.30. The highest BCUT2D eigenvalue weighted by Gasteiger charge is 2.24. The first-order chi connectivity index (χ1) is 10.3. The molecule has 0 bridgehead atoms. The predicted molar refractivity (Wildman–Crippen MR) is 88.0 cm³/mol. The molecule has 1 heterocycles. The van der Waals surface area contributed by atoms with Crippen molar-refractivity contribution in [3.8, 4) is 5.69 Å². The van der Waals surface area contributed by atoms with Gasteiger partial charge in [0.1, 0.15) is 5.69 Å². The lowest BCUT2D eigenvalue weighted by Gasteiger charge is -2.11. The summed E-state index contributed by atoms with van der Waals surface area (Å²) >= 11 is 0. The molecule has 0 saturated heterocycles. The Morgan fingerprint density at radius 3 is 2.36 bits per heavy atom. The molecule has 0 aliphatic heterocycles. The van der Waals surface area contributed by atoms with Crippen LogP contribution in [0.1, 0.15) is 26.0 Å². The Kier molecular flexibility index (Phi) is 4.46. The van der Waals surface area contributed by atoms with Crippen molar-refractivity contribution in [3.63, 3.8) is 0 Å². The molecule has 1 N–H and O–H groups in total. The number of hydrogen-bond acceptors (Lipinski definition) is 3. The molecular formula is C15H21N3O3S. The van der Waals surface area contributed by atoms with E-state index in [1.54, 1.807) is 44.6 Å². The van der Waals surface area contributed by atoms with Crippen molar-refractivity contribution < 1.29 is 8.42 Å². The van der Waals surface area contributed by atoms with Crippen LogP contribution in [0.5, 0.6) is 0 Å². The van der Waals surface area contributed by atoms with Crippen LogP contribution in [-0.2, 0) is 17.1 Å². The molecule has 120 valence electrons. The smallest absolute Gasteiger partial charge is 0.283 e. The minimum atomic E-state index is -3.57. The van der Waals surface area contributed by atoms with Crippen LogP contribution in [0.15, 0.2) is 35.1 Å². The van der Waals surface area contributed by atoms with E-state index in [-0.39, 0.29) is 11.2 Å². The highest BCUT2D eigenvalue weighted by Crippen LogP contribution is 2.17. The van der Waals surface area contributed by atoms with Gasteiger partial charge >= 0.3 is 0 Å². The number of anilines is 1. The molecule has 2 aromatic rings. The third kappa shape index (κ3) is 2.81. The first-order valence-electron chi connectivity index (χ1n) is 7.15. The van der Waals surface area contributed by atoms with E-state index >= 15 is 0 Å². The highest BCUT2D eigenvalue weighted by molar-refractivity contribution is 7.93. The summed E-state index contributed by atoms with van der Waals surface area (Å²) in [7, 11) is -1.84. The molecule has 6 nitrogen and oxygen atoms in total. The normalized spacial score (nSPS) is 13.1. The van der Waals surface area contributed by atoms with Gasteiger partial charge < -0.3 is 0 Å². The summed E-state index contributed by atoms with van der Waals surface area (Å²) in [6.45, 7) is 5.13. The largest absolute Gasteiger partial charge is 0.296 e. The predicted octanol–water partition coefficient (Wildman–Crippen LogP) is 2.02. The van der Waals surface area contributed by atoms with Gasteiger partial charge in [-0.1, -0.05) is 25.1 Å². The summed E-state index contributed by atoms with van der Waals surface area (Å²) < 4.78 is 30.0. The third-order valence-corrected chi connectivity index (χ3v) is 5.78. The molecule has 1 aromatic heterocycles. The summed E-state index contributed by atoms with van der Waals surface area (Å²) in [6.07, 6.45) is 0.480. The van der Waals surface area contributed by atoms with Crippen LogP contribution in [0.3, 0.4) is 0 Å². The summed E-state index contributed by atoms with van der Waals surface area (Å²) in [5.74, 6) is 0. The fourth-order valence-electron chi connectivity index (χ4n) is 2.15. The van der Waals surface area contributed by atoms with Crippen LogP contribution in [-0.4, -0.2) is 23.0 Å². The standard InChI is InChI=1S/C15H21N3O3S/c1-5-11(2)22(20,21)16-14-12(3)17(4)18(15(14)19)13-9-7-6-8-10-13/h6-11,16H,5H2,1-4H3. The van der Waals surface area contributed by atoms with Gasteiger partial charge in [0.05, 0.1) is 16.6 Å². The fraction of sp³-hybridized carbons (Fsp3) is 0.400. The molecule has 1 atom stereocenters. The van der Waals surface area contributed by atoms with E-state index in [2.05, 4.69) is 4.72 Å². The quantitative estimate of drug-likeness (QED) is 0.915. The van der Waals surface area contributed by atoms with E-state index < -0.39 is 15.3 Å². The van der Waals surface area contributed by atoms with Crippen LogP contribution >= 0.6 is 0 Å². The molecule has 22 heavy (non-hydrogen) atoms. The molecule has 2 rings (SSSR count). The number of hydrogen-bond donors (Lipinski definition) is 1. The van der Waals surface area contributed by atoms with E-state index in [0.717, 1.165) is 0 Å². The Bertz CT molecular complexity index is 820. The van der Waals surface area contributed by atoms with Crippen molar-refractivity contribution in [2.45, 2.75) is 32.4 Å². The average Bonchev–Trinajstić information content (AvgIpc) is 2.71. The number of aromatic nitrogens is 2. The van der Waals surface area contributed by atoms with Gasteiger partial charge in [0, 0.05) is 7.05 Å². The van der Waals surface area contributed by atoms with Crippen LogP contribution < -0.4 is 10.3 Å². The maximum Gasteiger partial charge on any atom is 0.296 e. The Balaban J connectivity index is 2.55. The van der Waals surface area contributed by atoms with E-state index in [1.165, 1.54) is 4.68 Å².